The highest BCUT2D eigenvalue weighted by Gasteiger charge is 2.04. The van der Waals surface area contributed by atoms with E-state index in [0.717, 1.165) is 6.29 Å². The zero-order valence-electron chi connectivity index (χ0n) is 6.60. The summed E-state index contributed by atoms with van der Waals surface area (Å²) in [4.78, 5) is 10.4. The van der Waals surface area contributed by atoms with Gasteiger partial charge in [-0.25, -0.2) is 0 Å². The maximum atomic E-state index is 10.4. The van der Waals surface area contributed by atoms with Crippen LogP contribution in [-0.2, 0) is 4.79 Å². The molecule has 1 atom stereocenters. The molecule has 0 heterocycles. The van der Waals surface area contributed by atoms with Crippen molar-refractivity contribution >= 4 is 6.29 Å². The third kappa shape index (κ3) is 1.95. The first kappa shape index (κ1) is 8.53. The molecule has 0 aromatic heterocycles. The molecule has 0 aliphatic heterocycles. The number of aliphatic hydroxyl groups excluding tert-OH is 1. The van der Waals surface area contributed by atoms with Gasteiger partial charge in [0.1, 0.15) is 6.29 Å². The molecule has 2 heteroatoms. The Labute approximate surface area is 71.2 Å². The lowest BCUT2D eigenvalue weighted by molar-refractivity contribution is -0.104. The number of hydrogen-bond acceptors (Lipinski definition) is 2. The molecule has 62 valence electrons. The summed E-state index contributed by atoms with van der Waals surface area (Å²) >= 11 is 0. The van der Waals surface area contributed by atoms with E-state index in [9.17, 15) is 4.79 Å². The minimum Gasteiger partial charge on any atom is -0.512 e. The predicted molar refractivity (Wildman–Crippen MR) is 47.7 cm³/mol. The van der Waals surface area contributed by atoms with Gasteiger partial charge in [0, 0.05) is 5.57 Å². The molecule has 0 spiro atoms. The maximum absolute atomic E-state index is 10.4. The summed E-state index contributed by atoms with van der Waals surface area (Å²) in [6, 6.07) is 0. The molecule has 12 heavy (non-hydrogen) atoms. The van der Waals surface area contributed by atoms with Gasteiger partial charge in [0.15, 0.2) is 0 Å². The molecule has 1 aliphatic carbocycles. The second kappa shape index (κ2) is 3.72. The van der Waals surface area contributed by atoms with E-state index in [2.05, 4.69) is 6.58 Å². The third-order valence-electron chi connectivity index (χ3n) is 1.62. The van der Waals surface area contributed by atoms with Crippen LogP contribution in [0, 0.1) is 5.92 Å². The van der Waals surface area contributed by atoms with Crippen LogP contribution in [0.4, 0.5) is 0 Å². The highest BCUT2D eigenvalue weighted by atomic mass is 16.3. The maximum Gasteiger partial charge on any atom is 0.150 e. The van der Waals surface area contributed by atoms with Gasteiger partial charge in [0.25, 0.3) is 0 Å². The van der Waals surface area contributed by atoms with Crippen molar-refractivity contribution in [1.29, 1.82) is 0 Å². The van der Waals surface area contributed by atoms with E-state index in [1.165, 1.54) is 0 Å². The van der Waals surface area contributed by atoms with E-state index in [1.54, 1.807) is 30.4 Å². The minimum atomic E-state index is -0.182. The van der Waals surface area contributed by atoms with Crippen LogP contribution in [0.2, 0.25) is 0 Å². The molecule has 1 unspecified atom stereocenters. The van der Waals surface area contributed by atoms with E-state index in [4.69, 9.17) is 5.11 Å². The van der Waals surface area contributed by atoms with Crippen molar-refractivity contribution in [1.82, 2.24) is 0 Å². The average Bonchev–Trinajstić information content (AvgIpc) is 2.28. The fraction of sp³-hybridized carbons (Fsp3) is 0.100. The fourth-order valence-electron chi connectivity index (χ4n) is 0.922. The van der Waals surface area contributed by atoms with Gasteiger partial charge in [-0.15, -0.1) is 0 Å². The van der Waals surface area contributed by atoms with E-state index in [0.29, 0.717) is 5.57 Å². The summed E-state index contributed by atoms with van der Waals surface area (Å²) in [5.41, 5.74) is 0.593. The van der Waals surface area contributed by atoms with Gasteiger partial charge < -0.3 is 5.11 Å². The Kier molecular flexibility index (Phi) is 2.64. The molecule has 0 amide bonds. The summed E-state index contributed by atoms with van der Waals surface area (Å²) in [7, 11) is 0. The number of carbonyl (C=O) groups excluding carboxylic acids is 1. The zero-order valence-corrected chi connectivity index (χ0v) is 6.60. The summed E-state index contributed by atoms with van der Waals surface area (Å²) in [6.07, 6.45) is 9.35. The topological polar surface area (TPSA) is 37.3 Å². The Hall–Kier alpha value is -1.57. The fourth-order valence-corrected chi connectivity index (χ4v) is 0.922. The van der Waals surface area contributed by atoms with Gasteiger partial charge in [-0.1, -0.05) is 37.0 Å². The van der Waals surface area contributed by atoms with Gasteiger partial charge in [-0.3, -0.25) is 4.79 Å². The lowest BCUT2D eigenvalue weighted by Gasteiger charge is -2.02. The number of hydrogen-bond donors (Lipinski definition) is 1. The van der Waals surface area contributed by atoms with Crippen LogP contribution < -0.4 is 0 Å². The van der Waals surface area contributed by atoms with Crippen molar-refractivity contribution in [2.75, 3.05) is 0 Å². The molecule has 1 aliphatic rings. The monoisotopic (exact) mass is 162 g/mol. The van der Waals surface area contributed by atoms with E-state index in [-0.39, 0.29) is 11.7 Å². The van der Waals surface area contributed by atoms with Crippen LogP contribution in [0.25, 0.3) is 0 Å². The van der Waals surface area contributed by atoms with Crippen LogP contribution >= 0.6 is 0 Å². The Morgan fingerprint density at radius 1 is 1.58 bits per heavy atom. The van der Waals surface area contributed by atoms with Gasteiger partial charge in [-0.2, -0.15) is 0 Å². The molecular formula is C10H10O2. The van der Waals surface area contributed by atoms with Gasteiger partial charge in [-0.05, 0) is 0 Å². The first-order chi connectivity index (χ1) is 5.74. The zero-order chi connectivity index (χ0) is 8.97. The molecule has 0 bridgehead atoms. The number of allylic oxidation sites excluding steroid dienone is 5. The largest absolute Gasteiger partial charge is 0.512 e. The average molecular weight is 162 g/mol. The predicted octanol–water partition coefficient (Wildman–Crippen LogP) is 1.93. The first-order valence-electron chi connectivity index (χ1n) is 3.63. The van der Waals surface area contributed by atoms with Gasteiger partial charge in [0.2, 0.25) is 0 Å². The molecule has 0 fully saturated rings. The van der Waals surface area contributed by atoms with E-state index >= 15 is 0 Å². The lowest BCUT2D eigenvalue weighted by Crippen LogP contribution is -1.93. The standard InChI is InChI=1S/C10H10O2/c1-8(12)10-4-2-3-9(7-11)5-6-10/h2-7,10,12H,1H2. The molecule has 1 N–H and O–H groups in total. The third-order valence-corrected chi connectivity index (χ3v) is 1.62. The Morgan fingerprint density at radius 2 is 2.33 bits per heavy atom. The first-order valence-corrected chi connectivity index (χ1v) is 3.63. The normalized spacial score (nSPS) is 21.3. The Balaban J connectivity index is 2.83. The molecule has 0 radical (unpaired) electrons. The van der Waals surface area contributed by atoms with Crippen LogP contribution in [0.15, 0.2) is 48.3 Å². The van der Waals surface area contributed by atoms with Crippen LogP contribution in [0.1, 0.15) is 0 Å². The Morgan fingerprint density at radius 3 is 2.92 bits per heavy atom. The van der Waals surface area contributed by atoms with E-state index in [1.807, 2.05) is 0 Å². The summed E-state index contributed by atoms with van der Waals surface area (Å²) < 4.78 is 0. The van der Waals surface area contributed by atoms with Crippen molar-refractivity contribution in [3.8, 4) is 0 Å². The lowest BCUT2D eigenvalue weighted by atomic mass is 10.1. The van der Waals surface area contributed by atoms with Crippen molar-refractivity contribution in [2.45, 2.75) is 0 Å². The van der Waals surface area contributed by atoms with E-state index < -0.39 is 0 Å². The van der Waals surface area contributed by atoms with Crippen LogP contribution in [-0.4, -0.2) is 11.4 Å². The summed E-state index contributed by atoms with van der Waals surface area (Å²) in [5, 5.41) is 9.05. The minimum absolute atomic E-state index is 0.0862. The highest BCUT2D eigenvalue weighted by molar-refractivity contribution is 5.78. The quantitative estimate of drug-likeness (QED) is 0.497. The number of aldehydes is 1. The molecule has 0 saturated heterocycles. The number of carbonyl (C=O) groups is 1. The molecule has 2 nitrogen and oxygen atoms in total. The second-order valence-corrected chi connectivity index (χ2v) is 2.55. The van der Waals surface area contributed by atoms with Gasteiger partial charge in [0.05, 0.1) is 11.7 Å². The van der Waals surface area contributed by atoms with Crippen molar-refractivity contribution < 1.29 is 9.90 Å². The van der Waals surface area contributed by atoms with Crippen molar-refractivity contribution in [3.63, 3.8) is 0 Å². The highest BCUT2D eigenvalue weighted by Crippen LogP contribution is 2.14. The molecular weight excluding hydrogens is 152 g/mol. The number of rotatable bonds is 2. The summed E-state index contributed by atoms with van der Waals surface area (Å²) in [6.45, 7) is 3.41. The smallest absolute Gasteiger partial charge is 0.150 e. The van der Waals surface area contributed by atoms with Crippen LogP contribution in [0.5, 0.6) is 0 Å². The second-order valence-electron chi connectivity index (χ2n) is 2.55. The summed E-state index contributed by atoms with van der Waals surface area (Å²) in [5.74, 6) is -0.0956. The SMILES string of the molecule is C=C(O)C1C=CC=C(C=O)C=C1. The Bertz CT molecular complexity index is 282. The molecule has 1 rings (SSSR count). The van der Waals surface area contributed by atoms with Crippen LogP contribution in [0.3, 0.4) is 0 Å². The molecule has 0 saturated carbocycles. The molecule has 0 aromatic rings. The van der Waals surface area contributed by atoms with Crippen molar-refractivity contribution in [2.24, 2.45) is 5.92 Å². The van der Waals surface area contributed by atoms with Crippen molar-refractivity contribution in [3.05, 3.63) is 48.3 Å². The molecule has 0 aromatic carbocycles. The number of aliphatic hydroxyl groups is 1. The van der Waals surface area contributed by atoms with Gasteiger partial charge >= 0.3 is 0 Å².